The van der Waals surface area contributed by atoms with Gasteiger partial charge in [-0.05, 0) is 37.5 Å². The molecule has 2 unspecified atom stereocenters. The predicted octanol–water partition coefficient (Wildman–Crippen LogP) is 1.43. The Balaban J connectivity index is 2.28. The zero-order valence-corrected chi connectivity index (χ0v) is 12.3. The van der Waals surface area contributed by atoms with E-state index in [1.165, 1.54) is 6.42 Å². The van der Waals surface area contributed by atoms with Crippen LogP contribution in [0.5, 0.6) is 0 Å². The van der Waals surface area contributed by atoms with Crippen LogP contribution in [0.15, 0.2) is 0 Å². The molecule has 3 atom stereocenters. The van der Waals surface area contributed by atoms with Gasteiger partial charge >= 0.3 is 18.0 Å². The number of hydrogen-bond donors (Lipinski definition) is 4. The van der Waals surface area contributed by atoms with Crippen molar-refractivity contribution >= 4 is 18.0 Å². The molecule has 7 nitrogen and oxygen atoms in total. The van der Waals surface area contributed by atoms with Crippen molar-refractivity contribution in [3.63, 3.8) is 0 Å². The second-order valence-corrected chi connectivity index (χ2v) is 5.82. The van der Waals surface area contributed by atoms with Crippen LogP contribution >= 0.6 is 0 Å². The van der Waals surface area contributed by atoms with E-state index in [9.17, 15) is 14.4 Å². The molecular weight excluding hydrogens is 276 g/mol. The van der Waals surface area contributed by atoms with Gasteiger partial charge < -0.3 is 20.8 Å². The van der Waals surface area contributed by atoms with Crippen LogP contribution in [-0.4, -0.2) is 40.8 Å². The molecule has 0 aromatic rings. The summed E-state index contributed by atoms with van der Waals surface area (Å²) < 4.78 is 0. The zero-order valence-electron chi connectivity index (χ0n) is 12.3. The maximum Gasteiger partial charge on any atom is 0.326 e. The highest BCUT2D eigenvalue weighted by atomic mass is 16.4. The lowest BCUT2D eigenvalue weighted by atomic mass is 10.1. The highest BCUT2D eigenvalue weighted by molar-refractivity contribution is 5.82. The van der Waals surface area contributed by atoms with Crippen LogP contribution in [0, 0.1) is 11.8 Å². The molecule has 0 heterocycles. The number of carbonyl (C=O) groups excluding carboxylic acids is 1. The minimum atomic E-state index is -1.15. The molecule has 0 saturated heterocycles. The number of hydrogen-bond acceptors (Lipinski definition) is 3. The second-order valence-electron chi connectivity index (χ2n) is 5.82. The highest BCUT2D eigenvalue weighted by Crippen LogP contribution is 2.29. The first-order valence-electron chi connectivity index (χ1n) is 7.37. The van der Waals surface area contributed by atoms with E-state index in [1.807, 2.05) is 0 Å². The summed E-state index contributed by atoms with van der Waals surface area (Å²) in [5.74, 6) is -0.979. The minimum Gasteiger partial charge on any atom is -0.481 e. The number of amides is 2. The van der Waals surface area contributed by atoms with Crippen molar-refractivity contribution in [1.29, 1.82) is 0 Å². The van der Waals surface area contributed by atoms with E-state index in [0.29, 0.717) is 18.4 Å². The van der Waals surface area contributed by atoms with Gasteiger partial charge in [-0.3, -0.25) is 4.79 Å². The molecule has 21 heavy (non-hydrogen) atoms. The number of carboxylic acids is 2. The number of rotatable bonds is 8. The fourth-order valence-corrected chi connectivity index (χ4v) is 2.67. The molecule has 7 heteroatoms. The number of aliphatic carboxylic acids is 2. The van der Waals surface area contributed by atoms with Crippen molar-refractivity contribution in [3.05, 3.63) is 0 Å². The standard InChI is InChI=1S/C14H24N2O5/c1-9-5-6-10(7-9)8-15-14(21)16-11(13(19)20)3-2-4-12(17)18/h9-11H,2-8H2,1H3,(H,17,18)(H,19,20)(H2,15,16,21)/t9?,10?,11-/m1/s1. The van der Waals surface area contributed by atoms with E-state index in [1.54, 1.807) is 0 Å². The van der Waals surface area contributed by atoms with Gasteiger partial charge in [0.25, 0.3) is 0 Å². The Kier molecular flexibility index (Phi) is 6.98. The summed E-state index contributed by atoms with van der Waals surface area (Å²) in [7, 11) is 0. The maximum atomic E-state index is 11.7. The molecule has 1 aliphatic carbocycles. The molecule has 2 amide bonds. The summed E-state index contributed by atoms with van der Waals surface area (Å²) in [6.07, 6.45) is 3.56. The van der Waals surface area contributed by atoms with E-state index in [-0.39, 0.29) is 19.3 Å². The molecule has 4 N–H and O–H groups in total. The molecule has 0 spiro atoms. The highest BCUT2D eigenvalue weighted by Gasteiger charge is 2.23. The summed E-state index contributed by atoms with van der Waals surface area (Å²) in [5, 5.41) is 22.6. The summed E-state index contributed by atoms with van der Waals surface area (Å²) in [5.41, 5.74) is 0. The summed E-state index contributed by atoms with van der Waals surface area (Å²) >= 11 is 0. The summed E-state index contributed by atoms with van der Waals surface area (Å²) in [6.45, 7) is 2.74. The Hall–Kier alpha value is -1.79. The first-order valence-corrected chi connectivity index (χ1v) is 7.37. The van der Waals surface area contributed by atoms with E-state index in [0.717, 1.165) is 12.8 Å². The number of urea groups is 1. The first-order chi connectivity index (χ1) is 9.88. The Morgan fingerprint density at radius 2 is 1.95 bits per heavy atom. The van der Waals surface area contributed by atoms with E-state index < -0.39 is 24.0 Å². The molecule has 1 rings (SSSR count). The predicted molar refractivity (Wildman–Crippen MR) is 76.0 cm³/mol. The molecule has 0 bridgehead atoms. The third kappa shape index (κ3) is 6.97. The van der Waals surface area contributed by atoms with Crippen molar-refractivity contribution in [1.82, 2.24) is 10.6 Å². The topological polar surface area (TPSA) is 116 Å². The zero-order chi connectivity index (χ0) is 15.8. The Morgan fingerprint density at radius 1 is 1.24 bits per heavy atom. The van der Waals surface area contributed by atoms with Gasteiger partial charge in [0, 0.05) is 13.0 Å². The van der Waals surface area contributed by atoms with Gasteiger partial charge in [-0.2, -0.15) is 0 Å². The van der Waals surface area contributed by atoms with Crippen molar-refractivity contribution in [3.8, 4) is 0 Å². The number of carbonyl (C=O) groups is 3. The van der Waals surface area contributed by atoms with Crippen LogP contribution in [0.3, 0.4) is 0 Å². The normalized spacial score (nSPS) is 22.5. The van der Waals surface area contributed by atoms with Crippen molar-refractivity contribution < 1.29 is 24.6 Å². The van der Waals surface area contributed by atoms with Crippen molar-refractivity contribution in [2.24, 2.45) is 11.8 Å². The molecule has 1 aliphatic rings. The first kappa shape index (κ1) is 17.3. The van der Waals surface area contributed by atoms with Crippen LogP contribution in [0.4, 0.5) is 4.79 Å². The lowest BCUT2D eigenvalue weighted by molar-refractivity contribution is -0.140. The molecule has 1 fully saturated rings. The van der Waals surface area contributed by atoms with Crippen LogP contribution < -0.4 is 10.6 Å². The van der Waals surface area contributed by atoms with Crippen molar-refractivity contribution in [2.45, 2.75) is 51.5 Å². The Bertz CT molecular complexity index is 386. The fourth-order valence-electron chi connectivity index (χ4n) is 2.67. The average Bonchev–Trinajstić information content (AvgIpc) is 2.80. The average molecular weight is 300 g/mol. The lowest BCUT2D eigenvalue weighted by Gasteiger charge is -2.16. The molecule has 0 aromatic carbocycles. The fraction of sp³-hybridized carbons (Fsp3) is 0.786. The molecule has 1 saturated carbocycles. The van der Waals surface area contributed by atoms with Gasteiger partial charge in [-0.25, -0.2) is 9.59 Å². The largest absolute Gasteiger partial charge is 0.481 e. The van der Waals surface area contributed by atoms with Gasteiger partial charge in [0.2, 0.25) is 0 Å². The lowest BCUT2D eigenvalue weighted by Crippen LogP contribution is -2.47. The smallest absolute Gasteiger partial charge is 0.326 e. The van der Waals surface area contributed by atoms with Crippen LogP contribution in [-0.2, 0) is 9.59 Å². The SMILES string of the molecule is CC1CCC(CNC(=O)N[C@H](CCCC(=O)O)C(=O)O)C1. The van der Waals surface area contributed by atoms with Gasteiger partial charge in [-0.15, -0.1) is 0 Å². The van der Waals surface area contributed by atoms with E-state index in [2.05, 4.69) is 17.6 Å². The number of carboxylic acid groups (broad SMARTS) is 2. The molecular formula is C14H24N2O5. The molecule has 0 radical (unpaired) electrons. The summed E-state index contributed by atoms with van der Waals surface area (Å²) in [6, 6.07) is -1.55. The monoisotopic (exact) mass is 300 g/mol. The number of nitrogens with one attached hydrogen (secondary N) is 2. The Labute approximate surface area is 124 Å². The van der Waals surface area contributed by atoms with Crippen LogP contribution in [0.25, 0.3) is 0 Å². The van der Waals surface area contributed by atoms with Crippen LogP contribution in [0.1, 0.15) is 45.4 Å². The van der Waals surface area contributed by atoms with Crippen LogP contribution in [0.2, 0.25) is 0 Å². The third-order valence-electron chi connectivity index (χ3n) is 3.84. The second kappa shape index (κ2) is 8.49. The van der Waals surface area contributed by atoms with E-state index >= 15 is 0 Å². The van der Waals surface area contributed by atoms with Crippen molar-refractivity contribution in [2.75, 3.05) is 6.54 Å². The quantitative estimate of drug-likeness (QED) is 0.541. The van der Waals surface area contributed by atoms with Gasteiger partial charge in [-0.1, -0.05) is 13.3 Å². The molecule has 0 aromatic heterocycles. The van der Waals surface area contributed by atoms with Gasteiger partial charge in [0.05, 0.1) is 0 Å². The Morgan fingerprint density at radius 3 is 2.48 bits per heavy atom. The van der Waals surface area contributed by atoms with Gasteiger partial charge in [0.1, 0.15) is 6.04 Å². The van der Waals surface area contributed by atoms with E-state index in [4.69, 9.17) is 10.2 Å². The van der Waals surface area contributed by atoms with Gasteiger partial charge in [0.15, 0.2) is 0 Å². The summed E-state index contributed by atoms with van der Waals surface area (Å²) in [4.78, 5) is 33.1. The third-order valence-corrected chi connectivity index (χ3v) is 3.84. The molecule has 0 aliphatic heterocycles. The maximum absolute atomic E-state index is 11.7. The minimum absolute atomic E-state index is 0.104. The molecule has 120 valence electrons.